The molecule has 2 aromatic rings. The Morgan fingerprint density at radius 2 is 1.30 bits per heavy atom. The van der Waals surface area contributed by atoms with Crippen molar-refractivity contribution in [3.05, 3.63) is 72.3 Å². The van der Waals surface area contributed by atoms with E-state index in [-0.39, 0.29) is 49.2 Å². The van der Waals surface area contributed by atoms with Gasteiger partial charge in [0.05, 0.1) is 36.2 Å². The van der Waals surface area contributed by atoms with Crippen LogP contribution in [0.4, 0.5) is 0 Å². The number of rotatable bonds is 15. The summed E-state index contributed by atoms with van der Waals surface area (Å²) in [7, 11) is -7.80. The molecule has 0 heterocycles. The highest BCUT2D eigenvalue weighted by Gasteiger charge is 2.20. The molecule has 0 saturated heterocycles. The summed E-state index contributed by atoms with van der Waals surface area (Å²) in [6.07, 6.45) is 1.15. The number of hydrogen-bond acceptors (Lipinski definition) is 8. The third-order valence-corrected chi connectivity index (χ3v) is 7.07. The second kappa shape index (κ2) is 13.0. The standard InChI is InChI=1S/C23H30O8S2/c1-4-14-28-17-21(18-31-33(26,27)23-12-8-20(3)9-13-23)29-15-5-16-30-32(24,25)22-10-6-19(2)7-11-22/h4,6-13,21H,1,5,14-18H2,2-3H3. The van der Waals surface area contributed by atoms with E-state index in [4.69, 9.17) is 17.8 Å². The minimum Gasteiger partial charge on any atom is -0.375 e. The summed E-state index contributed by atoms with van der Waals surface area (Å²) in [5.41, 5.74) is 1.87. The average molecular weight is 499 g/mol. The second-order valence-electron chi connectivity index (χ2n) is 7.31. The monoisotopic (exact) mass is 498 g/mol. The van der Waals surface area contributed by atoms with E-state index in [2.05, 4.69) is 6.58 Å². The van der Waals surface area contributed by atoms with Gasteiger partial charge in [0.25, 0.3) is 20.2 Å². The molecule has 0 fully saturated rings. The first-order valence-electron chi connectivity index (χ1n) is 10.4. The van der Waals surface area contributed by atoms with Crippen molar-refractivity contribution >= 4 is 20.2 Å². The lowest BCUT2D eigenvalue weighted by atomic mass is 10.2. The van der Waals surface area contributed by atoms with Crippen LogP contribution in [-0.4, -0.2) is 56.0 Å². The van der Waals surface area contributed by atoms with Crippen molar-refractivity contribution in [3.8, 4) is 0 Å². The zero-order valence-electron chi connectivity index (χ0n) is 18.8. The maximum Gasteiger partial charge on any atom is 0.297 e. The maximum absolute atomic E-state index is 12.4. The molecule has 0 bridgehead atoms. The van der Waals surface area contributed by atoms with Gasteiger partial charge < -0.3 is 9.47 Å². The molecule has 0 radical (unpaired) electrons. The van der Waals surface area contributed by atoms with E-state index in [1.54, 1.807) is 30.3 Å². The molecule has 1 unspecified atom stereocenters. The highest BCUT2D eigenvalue weighted by molar-refractivity contribution is 7.87. The minimum absolute atomic E-state index is 0.0496. The summed E-state index contributed by atoms with van der Waals surface area (Å²) in [6.45, 7) is 7.41. The SMILES string of the molecule is C=CCOCC(COS(=O)(=O)c1ccc(C)cc1)OCCCOS(=O)(=O)c1ccc(C)cc1. The van der Waals surface area contributed by atoms with Crippen molar-refractivity contribution in [2.45, 2.75) is 36.2 Å². The molecular weight excluding hydrogens is 468 g/mol. The predicted molar refractivity (Wildman–Crippen MR) is 124 cm³/mol. The topological polar surface area (TPSA) is 105 Å². The average Bonchev–Trinajstić information content (AvgIpc) is 2.77. The highest BCUT2D eigenvalue weighted by atomic mass is 32.2. The number of benzene rings is 2. The molecule has 0 aromatic heterocycles. The molecule has 10 heteroatoms. The lowest BCUT2D eigenvalue weighted by Crippen LogP contribution is -2.28. The van der Waals surface area contributed by atoms with Gasteiger partial charge in [-0.1, -0.05) is 41.5 Å². The Morgan fingerprint density at radius 3 is 1.82 bits per heavy atom. The first-order chi connectivity index (χ1) is 15.6. The summed E-state index contributed by atoms with van der Waals surface area (Å²) >= 11 is 0. The Hall–Kier alpha value is -2.08. The summed E-state index contributed by atoms with van der Waals surface area (Å²) in [5.74, 6) is 0. The van der Waals surface area contributed by atoms with Crippen molar-refractivity contribution in [2.75, 3.05) is 33.0 Å². The maximum atomic E-state index is 12.4. The number of hydrogen-bond donors (Lipinski definition) is 0. The van der Waals surface area contributed by atoms with Gasteiger partial charge in [-0.15, -0.1) is 6.58 Å². The van der Waals surface area contributed by atoms with Gasteiger partial charge in [0.2, 0.25) is 0 Å². The molecule has 0 aliphatic rings. The van der Waals surface area contributed by atoms with Crippen molar-refractivity contribution in [1.82, 2.24) is 0 Å². The smallest absolute Gasteiger partial charge is 0.297 e. The largest absolute Gasteiger partial charge is 0.375 e. The number of aryl methyl sites for hydroxylation is 2. The molecular formula is C23H30O8S2. The van der Waals surface area contributed by atoms with E-state index in [9.17, 15) is 16.8 Å². The Morgan fingerprint density at radius 1 is 0.788 bits per heavy atom. The van der Waals surface area contributed by atoms with Gasteiger partial charge in [-0.25, -0.2) is 0 Å². The van der Waals surface area contributed by atoms with Crippen molar-refractivity contribution < 1.29 is 34.7 Å². The lowest BCUT2D eigenvalue weighted by molar-refractivity contribution is -0.0335. The van der Waals surface area contributed by atoms with E-state index in [0.717, 1.165) is 11.1 Å². The van der Waals surface area contributed by atoms with E-state index in [0.29, 0.717) is 0 Å². The number of ether oxygens (including phenoxy) is 2. The lowest BCUT2D eigenvalue weighted by Gasteiger charge is -2.18. The van der Waals surface area contributed by atoms with Crippen LogP contribution in [0.3, 0.4) is 0 Å². The predicted octanol–water partition coefficient (Wildman–Crippen LogP) is 3.39. The third kappa shape index (κ3) is 9.36. The quantitative estimate of drug-likeness (QED) is 0.209. The third-order valence-electron chi connectivity index (χ3n) is 4.45. The molecule has 0 aliphatic carbocycles. The van der Waals surface area contributed by atoms with Gasteiger partial charge in [0.1, 0.15) is 6.10 Å². The fourth-order valence-corrected chi connectivity index (χ4v) is 4.50. The Balaban J connectivity index is 1.84. The van der Waals surface area contributed by atoms with Crippen molar-refractivity contribution in [1.29, 1.82) is 0 Å². The van der Waals surface area contributed by atoms with Crippen LogP contribution in [0, 0.1) is 13.8 Å². The van der Waals surface area contributed by atoms with Crippen molar-refractivity contribution in [2.24, 2.45) is 0 Å². The van der Waals surface area contributed by atoms with Gasteiger partial charge in [-0.05, 0) is 44.5 Å². The van der Waals surface area contributed by atoms with E-state index in [1.165, 1.54) is 24.3 Å². The van der Waals surface area contributed by atoms with Crippen LogP contribution >= 0.6 is 0 Å². The normalized spacial score (nSPS) is 13.0. The molecule has 182 valence electrons. The minimum atomic E-state index is -3.95. The zero-order valence-corrected chi connectivity index (χ0v) is 20.4. The fraction of sp³-hybridized carbons (Fsp3) is 0.391. The highest BCUT2D eigenvalue weighted by Crippen LogP contribution is 2.15. The van der Waals surface area contributed by atoms with Crippen LogP contribution in [0.5, 0.6) is 0 Å². The van der Waals surface area contributed by atoms with Crippen LogP contribution in [0.1, 0.15) is 17.5 Å². The van der Waals surface area contributed by atoms with Crippen LogP contribution < -0.4 is 0 Å². The Kier molecular flexibility index (Phi) is 10.7. The molecule has 0 aliphatic heterocycles. The second-order valence-corrected chi connectivity index (χ2v) is 10.5. The summed E-state index contributed by atoms with van der Waals surface area (Å²) in [4.78, 5) is 0.132. The van der Waals surface area contributed by atoms with Gasteiger partial charge in [0.15, 0.2) is 0 Å². The van der Waals surface area contributed by atoms with E-state index >= 15 is 0 Å². The first kappa shape index (κ1) is 27.2. The van der Waals surface area contributed by atoms with Crippen LogP contribution in [-0.2, 0) is 38.1 Å². The molecule has 33 heavy (non-hydrogen) atoms. The zero-order chi connectivity index (χ0) is 24.3. The molecule has 0 saturated carbocycles. The van der Waals surface area contributed by atoms with Gasteiger partial charge in [-0.3, -0.25) is 8.37 Å². The molecule has 2 rings (SSSR count). The first-order valence-corrected chi connectivity index (χ1v) is 13.2. The van der Waals surface area contributed by atoms with Crippen molar-refractivity contribution in [3.63, 3.8) is 0 Å². The Bertz CT molecular complexity index is 1080. The molecule has 0 N–H and O–H groups in total. The molecule has 1 atom stereocenters. The fourth-order valence-electron chi connectivity index (χ4n) is 2.62. The van der Waals surface area contributed by atoms with E-state index < -0.39 is 26.3 Å². The summed E-state index contributed by atoms with van der Waals surface area (Å²) in [5, 5.41) is 0. The van der Waals surface area contributed by atoms with Gasteiger partial charge in [-0.2, -0.15) is 16.8 Å². The van der Waals surface area contributed by atoms with E-state index in [1.807, 2.05) is 13.8 Å². The van der Waals surface area contributed by atoms with Gasteiger partial charge >= 0.3 is 0 Å². The molecule has 2 aromatic carbocycles. The molecule has 0 spiro atoms. The van der Waals surface area contributed by atoms with Gasteiger partial charge in [0, 0.05) is 6.61 Å². The van der Waals surface area contributed by atoms with Crippen LogP contribution in [0.2, 0.25) is 0 Å². The summed E-state index contributed by atoms with van der Waals surface area (Å²) < 4.78 is 70.4. The molecule has 0 amide bonds. The Labute approximate surface area is 196 Å². The van der Waals surface area contributed by atoms with Crippen LogP contribution in [0.15, 0.2) is 71.0 Å². The summed E-state index contributed by atoms with van der Waals surface area (Å²) in [6, 6.07) is 12.7. The van der Waals surface area contributed by atoms with Crippen LogP contribution in [0.25, 0.3) is 0 Å². The molecule has 8 nitrogen and oxygen atoms in total.